The van der Waals surface area contributed by atoms with Crippen LogP contribution < -0.4 is 0 Å². The molecule has 0 atom stereocenters. The van der Waals surface area contributed by atoms with E-state index in [2.05, 4.69) is 64.3 Å². The fourth-order valence-corrected chi connectivity index (χ4v) is 4.18. The first-order chi connectivity index (χ1) is 13.7. The first-order valence-electron chi connectivity index (χ1n) is 10.7. The van der Waals surface area contributed by atoms with Gasteiger partial charge < -0.3 is 9.67 Å². The lowest BCUT2D eigenvalue weighted by atomic mass is 9.93. The zero-order valence-corrected chi connectivity index (χ0v) is 18.5. The summed E-state index contributed by atoms with van der Waals surface area (Å²) in [6.45, 7) is 14.4. The Hall–Kier alpha value is -2.55. The molecule has 0 saturated carbocycles. The molecule has 0 aliphatic carbocycles. The molecule has 0 bridgehead atoms. The molecule has 1 heterocycles. The number of benzene rings is 2. The molecule has 154 valence electrons. The largest absolute Gasteiger partial charge is 0.478 e. The maximum atomic E-state index is 11.2. The van der Waals surface area contributed by atoms with Crippen LogP contribution in [0.4, 0.5) is 0 Å². The van der Waals surface area contributed by atoms with E-state index in [9.17, 15) is 9.90 Å². The van der Waals surface area contributed by atoms with Gasteiger partial charge in [0.1, 0.15) is 0 Å². The van der Waals surface area contributed by atoms with Crippen LogP contribution in [0.25, 0.3) is 10.9 Å². The fraction of sp³-hybridized carbons (Fsp3) is 0.423. The van der Waals surface area contributed by atoms with Crippen LogP contribution in [-0.2, 0) is 13.0 Å². The van der Waals surface area contributed by atoms with Gasteiger partial charge in [0.15, 0.2) is 0 Å². The van der Waals surface area contributed by atoms with Gasteiger partial charge >= 0.3 is 5.97 Å². The van der Waals surface area contributed by atoms with E-state index in [1.54, 1.807) is 12.1 Å². The molecule has 2 aromatic carbocycles. The first-order valence-corrected chi connectivity index (χ1v) is 10.7. The third kappa shape index (κ3) is 4.39. The van der Waals surface area contributed by atoms with Crippen molar-refractivity contribution >= 4 is 16.9 Å². The number of hydrogen-bond acceptors (Lipinski definition) is 1. The normalized spacial score (nSPS) is 11.9. The van der Waals surface area contributed by atoms with Crippen LogP contribution in [0.15, 0.2) is 42.5 Å². The van der Waals surface area contributed by atoms with E-state index in [-0.39, 0.29) is 0 Å². The van der Waals surface area contributed by atoms with Crippen LogP contribution >= 0.6 is 0 Å². The Kier molecular flexibility index (Phi) is 6.16. The highest BCUT2D eigenvalue weighted by Gasteiger charge is 2.21. The van der Waals surface area contributed by atoms with Gasteiger partial charge in [-0.15, -0.1) is 0 Å². The standard InChI is InChI=1S/C26H33NO2/c1-16(2)13-24-25(18(5)6)22-14-21(17(3)4)11-12-23(22)27(24)15-19-7-9-20(10-8-19)26(28)29/h7-12,14,16-18H,13,15H2,1-6H3,(H,28,29). The van der Waals surface area contributed by atoms with Crippen LogP contribution in [0.1, 0.15) is 86.1 Å². The van der Waals surface area contributed by atoms with Crippen LogP contribution in [0, 0.1) is 5.92 Å². The molecule has 0 spiro atoms. The van der Waals surface area contributed by atoms with Gasteiger partial charge in [0.05, 0.1) is 5.56 Å². The summed E-state index contributed by atoms with van der Waals surface area (Å²) in [7, 11) is 0. The van der Waals surface area contributed by atoms with Gasteiger partial charge in [-0.1, -0.05) is 59.7 Å². The summed E-state index contributed by atoms with van der Waals surface area (Å²) in [5, 5.41) is 10.5. The second-order valence-electron chi connectivity index (χ2n) is 9.13. The van der Waals surface area contributed by atoms with Crippen molar-refractivity contribution in [2.24, 2.45) is 5.92 Å². The Labute approximate surface area is 174 Å². The summed E-state index contributed by atoms with van der Waals surface area (Å²) >= 11 is 0. The van der Waals surface area contributed by atoms with Crippen molar-refractivity contribution in [3.63, 3.8) is 0 Å². The Morgan fingerprint density at radius 1 is 0.931 bits per heavy atom. The number of carbonyl (C=O) groups is 1. The summed E-state index contributed by atoms with van der Waals surface area (Å²) in [5.41, 5.74) is 6.97. The van der Waals surface area contributed by atoms with E-state index < -0.39 is 5.97 Å². The van der Waals surface area contributed by atoms with Crippen molar-refractivity contribution in [1.82, 2.24) is 4.57 Å². The molecule has 0 amide bonds. The maximum absolute atomic E-state index is 11.2. The van der Waals surface area contributed by atoms with Gasteiger partial charge in [0.2, 0.25) is 0 Å². The molecular weight excluding hydrogens is 358 g/mol. The van der Waals surface area contributed by atoms with Gasteiger partial charge in [-0.25, -0.2) is 4.79 Å². The minimum absolute atomic E-state index is 0.331. The topological polar surface area (TPSA) is 42.2 Å². The average molecular weight is 392 g/mol. The van der Waals surface area contributed by atoms with E-state index in [1.807, 2.05) is 12.1 Å². The van der Waals surface area contributed by atoms with E-state index >= 15 is 0 Å². The van der Waals surface area contributed by atoms with Crippen molar-refractivity contribution < 1.29 is 9.90 Å². The summed E-state index contributed by atoms with van der Waals surface area (Å²) in [6.07, 6.45) is 1.03. The van der Waals surface area contributed by atoms with Gasteiger partial charge in [0.25, 0.3) is 0 Å². The average Bonchev–Trinajstić information content (AvgIpc) is 2.94. The van der Waals surface area contributed by atoms with Crippen molar-refractivity contribution in [2.45, 2.75) is 66.3 Å². The highest BCUT2D eigenvalue weighted by molar-refractivity contribution is 5.88. The van der Waals surface area contributed by atoms with Crippen LogP contribution in [0.3, 0.4) is 0 Å². The highest BCUT2D eigenvalue weighted by atomic mass is 16.4. The van der Waals surface area contributed by atoms with Crippen molar-refractivity contribution in [3.05, 3.63) is 70.4 Å². The van der Waals surface area contributed by atoms with Crippen LogP contribution in [0.5, 0.6) is 0 Å². The molecule has 3 heteroatoms. The van der Waals surface area contributed by atoms with Gasteiger partial charge in [-0.2, -0.15) is 0 Å². The lowest BCUT2D eigenvalue weighted by Crippen LogP contribution is -2.09. The summed E-state index contributed by atoms with van der Waals surface area (Å²) < 4.78 is 2.45. The predicted octanol–water partition coefficient (Wildman–Crippen LogP) is 6.83. The molecule has 0 fully saturated rings. The Bertz CT molecular complexity index is 1010. The minimum Gasteiger partial charge on any atom is -0.478 e. The summed E-state index contributed by atoms with van der Waals surface area (Å²) in [6, 6.07) is 14.2. The van der Waals surface area contributed by atoms with Gasteiger partial charge in [0, 0.05) is 23.1 Å². The monoisotopic (exact) mass is 391 g/mol. The fourth-order valence-electron chi connectivity index (χ4n) is 4.18. The first kappa shape index (κ1) is 21.2. The molecule has 29 heavy (non-hydrogen) atoms. The lowest BCUT2D eigenvalue weighted by Gasteiger charge is -2.16. The number of fused-ring (bicyclic) bond motifs is 1. The Morgan fingerprint density at radius 2 is 1.59 bits per heavy atom. The van der Waals surface area contributed by atoms with Crippen LogP contribution in [-0.4, -0.2) is 15.6 Å². The highest BCUT2D eigenvalue weighted by Crippen LogP contribution is 2.36. The molecular formula is C26H33NO2. The Morgan fingerprint density at radius 3 is 2.10 bits per heavy atom. The van der Waals surface area contributed by atoms with Crippen molar-refractivity contribution in [2.75, 3.05) is 0 Å². The molecule has 0 aliphatic rings. The second kappa shape index (κ2) is 8.44. The Balaban J connectivity index is 2.18. The number of aromatic nitrogens is 1. The quantitative estimate of drug-likeness (QED) is 0.479. The lowest BCUT2D eigenvalue weighted by molar-refractivity contribution is 0.0697. The van der Waals surface area contributed by atoms with E-state index in [0.717, 1.165) is 18.5 Å². The molecule has 3 rings (SSSR count). The molecule has 3 nitrogen and oxygen atoms in total. The predicted molar refractivity (Wildman–Crippen MR) is 121 cm³/mol. The number of aromatic carboxylic acids is 1. The molecule has 0 aliphatic heterocycles. The molecule has 1 N–H and O–H groups in total. The number of carboxylic acid groups (broad SMARTS) is 1. The number of nitrogens with zero attached hydrogens (tertiary/aromatic N) is 1. The number of rotatable bonds is 7. The van der Waals surface area contributed by atoms with Gasteiger partial charge in [-0.3, -0.25) is 0 Å². The van der Waals surface area contributed by atoms with E-state index in [4.69, 9.17) is 0 Å². The third-order valence-electron chi connectivity index (χ3n) is 5.63. The molecule has 0 saturated heterocycles. The minimum atomic E-state index is -0.883. The second-order valence-corrected chi connectivity index (χ2v) is 9.13. The van der Waals surface area contributed by atoms with E-state index in [0.29, 0.717) is 23.3 Å². The zero-order valence-electron chi connectivity index (χ0n) is 18.5. The zero-order chi connectivity index (χ0) is 21.3. The molecule has 0 unspecified atom stereocenters. The van der Waals surface area contributed by atoms with Crippen LogP contribution in [0.2, 0.25) is 0 Å². The van der Waals surface area contributed by atoms with Gasteiger partial charge in [-0.05, 0) is 65.1 Å². The molecule has 1 aromatic heterocycles. The smallest absolute Gasteiger partial charge is 0.335 e. The SMILES string of the molecule is CC(C)Cc1c(C(C)C)c2cc(C(C)C)ccc2n1Cc1ccc(C(=O)O)cc1. The van der Waals surface area contributed by atoms with E-state index in [1.165, 1.54) is 27.7 Å². The summed E-state index contributed by atoms with van der Waals surface area (Å²) in [5.74, 6) is 0.630. The summed E-state index contributed by atoms with van der Waals surface area (Å²) in [4.78, 5) is 11.2. The third-order valence-corrected chi connectivity index (χ3v) is 5.63. The molecule has 0 radical (unpaired) electrons. The molecule has 3 aromatic rings. The number of hydrogen-bond donors (Lipinski definition) is 1. The number of carboxylic acids is 1. The van der Waals surface area contributed by atoms with Crippen molar-refractivity contribution in [1.29, 1.82) is 0 Å². The maximum Gasteiger partial charge on any atom is 0.335 e. The van der Waals surface area contributed by atoms with Crippen molar-refractivity contribution in [3.8, 4) is 0 Å².